The molecular formula is C52H45N3. The molecule has 2 atom stereocenters. The van der Waals surface area contributed by atoms with E-state index in [-0.39, 0.29) is 28.1 Å². The molecule has 3 aliphatic rings. The van der Waals surface area contributed by atoms with Gasteiger partial charge in [-0.05, 0) is 110 Å². The van der Waals surface area contributed by atoms with Gasteiger partial charge in [0.2, 0.25) is 0 Å². The third-order valence-corrected chi connectivity index (χ3v) is 12.6. The fraction of sp³-hybridized carbons (Fsp3) is 0.212. The van der Waals surface area contributed by atoms with Crippen LogP contribution in [0.3, 0.4) is 0 Å². The van der Waals surface area contributed by atoms with Gasteiger partial charge in [-0.2, -0.15) is 5.26 Å². The molecule has 0 aliphatic heterocycles. The Morgan fingerprint density at radius 3 is 1.89 bits per heavy atom. The highest BCUT2D eigenvalue weighted by molar-refractivity contribution is 6.09. The molecule has 0 amide bonds. The highest BCUT2D eigenvalue weighted by Gasteiger charge is 2.58. The zero-order valence-electron chi connectivity index (χ0n) is 32.4. The summed E-state index contributed by atoms with van der Waals surface area (Å²) in [5.41, 5.74) is 16.9. The lowest BCUT2D eigenvalue weighted by molar-refractivity contribution is 0.459. The summed E-state index contributed by atoms with van der Waals surface area (Å²) in [6.45, 7) is 14.0. The number of allylic oxidation sites excluding steroid dienone is 3. The number of aromatic amines is 1. The maximum atomic E-state index is 9.74. The summed E-state index contributed by atoms with van der Waals surface area (Å²) in [5, 5.41) is 11.9. The summed E-state index contributed by atoms with van der Waals surface area (Å²) in [5.74, 6) is 0.352. The topological polar surface area (TPSA) is 42.8 Å². The molecule has 1 aromatic heterocycles. The van der Waals surface area contributed by atoms with E-state index in [0.717, 1.165) is 38.9 Å². The van der Waals surface area contributed by atoms with E-state index in [1.54, 1.807) is 0 Å². The van der Waals surface area contributed by atoms with E-state index in [1.807, 2.05) is 18.2 Å². The zero-order chi connectivity index (χ0) is 37.9. The van der Waals surface area contributed by atoms with E-state index >= 15 is 0 Å². The van der Waals surface area contributed by atoms with Crippen LogP contribution in [0.4, 0.5) is 11.4 Å². The minimum Gasteiger partial charge on any atom is -0.355 e. The van der Waals surface area contributed by atoms with Crippen molar-refractivity contribution in [2.75, 3.05) is 4.90 Å². The van der Waals surface area contributed by atoms with Crippen LogP contribution >= 0.6 is 0 Å². The van der Waals surface area contributed by atoms with Crippen molar-refractivity contribution in [3.8, 4) is 17.2 Å². The first-order valence-corrected chi connectivity index (χ1v) is 19.6. The van der Waals surface area contributed by atoms with Crippen molar-refractivity contribution < 1.29 is 0 Å². The van der Waals surface area contributed by atoms with Gasteiger partial charge in [0.15, 0.2) is 0 Å². The van der Waals surface area contributed by atoms with Crippen molar-refractivity contribution >= 4 is 33.2 Å². The highest BCUT2D eigenvalue weighted by atomic mass is 15.1. The van der Waals surface area contributed by atoms with Crippen LogP contribution in [0.2, 0.25) is 0 Å². The number of hydrogen-bond donors (Lipinski definition) is 1. The second-order valence-corrected chi connectivity index (χ2v) is 17.8. The van der Waals surface area contributed by atoms with Crippen molar-refractivity contribution in [3.05, 3.63) is 190 Å². The number of nitrogens with one attached hydrogen (secondary N) is 1. The van der Waals surface area contributed by atoms with Crippen LogP contribution in [0.15, 0.2) is 151 Å². The first-order valence-electron chi connectivity index (χ1n) is 19.6. The van der Waals surface area contributed by atoms with E-state index in [0.29, 0.717) is 5.56 Å². The Labute approximate surface area is 324 Å². The van der Waals surface area contributed by atoms with Gasteiger partial charge in [0.1, 0.15) is 0 Å². The highest BCUT2D eigenvalue weighted by Crippen LogP contribution is 2.66. The molecule has 0 saturated heterocycles. The van der Waals surface area contributed by atoms with Gasteiger partial charge in [-0.3, -0.25) is 0 Å². The van der Waals surface area contributed by atoms with Crippen LogP contribution in [-0.2, 0) is 16.2 Å². The summed E-state index contributed by atoms with van der Waals surface area (Å²) in [6, 6.07) is 49.6. The Hall–Kier alpha value is -6.11. The molecule has 1 spiro atoms. The predicted octanol–water partition coefficient (Wildman–Crippen LogP) is 13.1. The average Bonchev–Trinajstić information content (AvgIpc) is 3.80. The molecule has 0 fully saturated rings. The molecule has 1 heterocycles. The summed E-state index contributed by atoms with van der Waals surface area (Å²) in [7, 11) is 0. The van der Waals surface area contributed by atoms with Gasteiger partial charge >= 0.3 is 0 Å². The van der Waals surface area contributed by atoms with Crippen molar-refractivity contribution in [1.82, 2.24) is 4.98 Å². The van der Waals surface area contributed by atoms with Crippen LogP contribution < -0.4 is 4.90 Å². The number of para-hydroxylation sites is 1. The third-order valence-electron chi connectivity index (χ3n) is 12.6. The maximum Gasteiger partial charge on any atom is 0.0991 e. The van der Waals surface area contributed by atoms with Crippen LogP contribution in [0.1, 0.15) is 86.4 Å². The maximum absolute atomic E-state index is 9.74. The van der Waals surface area contributed by atoms with E-state index in [1.165, 1.54) is 44.5 Å². The smallest absolute Gasteiger partial charge is 0.0991 e. The zero-order valence-corrected chi connectivity index (χ0v) is 32.4. The summed E-state index contributed by atoms with van der Waals surface area (Å²) >= 11 is 0. The lowest BCUT2D eigenvalue weighted by Crippen LogP contribution is -2.35. The SMILES string of the molecule is CC(C)(C)c1ccc2c(c1)C1(c3cc(C(C)(C)C)ccc3-2)c2ccccc2C2C=CC(N(c3ccccc3)c3ccc4[nH]c5ccc(C#N)cc5c4c3)=CC21. The van der Waals surface area contributed by atoms with Gasteiger partial charge in [-0.15, -0.1) is 0 Å². The summed E-state index contributed by atoms with van der Waals surface area (Å²) in [4.78, 5) is 6.00. The standard InChI is InChI=1S/C52H45N3/c1-50(2,3)33-17-21-39-40-22-18-34(51(4,5)6)28-46(40)52(45(39)27-33)44-15-11-10-14-38(44)41-23-19-37(30-47(41)52)55(35-12-8-7-9-13-35)36-20-25-49-43(29-36)42-26-32(31-53)16-24-48(42)54-49/h7-30,41,47,54H,1-6H3. The van der Waals surface area contributed by atoms with Crippen molar-refractivity contribution in [2.24, 2.45) is 5.92 Å². The molecule has 2 unspecified atom stereocenters. The largest absolute Gasteiger partial charge is 0.355 e. The van der Waals surface area contributed by atoms with E-state index in [9.17, 15) is 5.26 Å². The summed E-state index contributed by atoms with van der Waals surface area (Å²) < 4.78 is 0. The molecule has 3 aliphatic carbocycles. The van der Waals surface area contributed by atoms with E-state index < -0.39 is 0 Å². The van der Waals surface area contributed by atoms with Crippen molar-refractivity contribution in [3.63, 3.8) is 0 Å². The minimum atomic E-state index is -0.374. The number of nitriles is 1. The first-order chi connectivity index (χ1) is 26.5. The molecule has 268 valence electrons. The Bertz CT molecular complexity index is 2750. The number of nitrogens with zero attached hydrogens (tertiary/aromatic N) is 2. The third kappa shape index (κ3) is 4.87. The normalized spacial score (nSPS) is 17.8. The van der Waals surface area contributed by atoms with Crippen LogP contribution in [-0.4, -0.2) is 4.98 Å². The van der Waals surface area contributed by atoms with E-state index in [4.69, 9.17) is 0 Å². The fourth-order valence-corrected chi connectivity index (χ4v) is 9.89. The van der Waals surface area contributed by atoms with Gasteiger partial charge in [0.05, 0.1) is 17.0 Å². The lowest BCUT2D eigenvalue weighted by atomic mass is 9.64. The molecule has 10 rings (SSSR count). The lowest BCUT2D eigenvalue weighted by Gasteiger charge is -2.39. The Morgan fingerprint density at radius 1 is 0.618 bits per heavy atom. The van der Waals surface area contributed by atoms with E-state index in [2.05, 4.69) is 185 Å². The van der Waals surface area contributed by atoms with Crippen LogP contribution in [0.5, 0.6) is 0 Å². The second kappa shape index (κ2) is 11.7. The second-order valence-electron chi connectivity index (χ2n) is 17.8. The Kier molecular flexibility index (Phi) is 7.11. The molecule has 0 radical (unpaired) electrons. The van der Waals surface area contributed by atoms with Gasteiger partial charge in [-0.25, -0.2) is 0 Å². The minimum absolute atomic E-state index is 0.00567. The van der Waals surface area contributed by atoms with Gasteiger partial charge < -0.3 is 9.88 Å². The molecule has 7 aromatic rings. The molecule has 0 bridgehead atoms. The molecule has 6 aromatic carbocycles. The van der Waals surface area contributed by atoms with Crippen LogP contribution in [0, 0.1) is 17.2 Å². The number of H-pyrrole nitrogens is 1. The number of aromatic nitrogens is 1. The van der Waals surface area contributed by atoms with Crippen molar-refractivity contribution in [2.45, 2.75) is 63.7 Å². The Morgan fingerprint density at radius 2 is 1.24 bits per heavy atom. The molecule has 1 N–H and O–H groups in total. The number of benzene rings is 6. The molecular weight excluding hydrogens is 667 g/mol. The monoisotopic (exact) mass is 711 g/mol. The number of hydrogen-bond acceptors (Lipinski definition) is 2. The molecule has 0 saturated carbocycles. The number of fused-ring (bicyclic) bond motifs is 13. The molecule has 55 heavy (non-hydrogen) atoms. The predicted molar refractivity (Wildman–Crippen MR) is 228 cm³/mol. The fourth-order valence-electron chi connectivity index (χ4n) is 9.89. The molecule has 3 heteroatoms. The molecule has 3 nitrogen and oxygen atoms in total. The van der Waals surface area contributed by atoms with Gasteiger partial charge in [0.25, 0.3) is 0 Å². The number of rotatable bonds is 3. The number of anilines is 2. The first kappa shape index (κ1) is 33.5. The summed E-state index contributed by atoms with van der Waals surface area (Å²) in [6.07, 6.45) is 7.42. The Balaban J connectivity index is 1.24. The van der Waals surface area contributed by atoms with Crippen LogP contribution in [0.25, 0.3) is 32.9 Å². The quantitative estimate of drug-likeness (QED) is 0.198. The van der Waals surface area contributed by atoms with Crippen molar-refractivity contribution in [1.29, 1.82) is 5.26 Å². The average molecular weight is 712 g/mol. The van der Waals surface area contributed by atoms with Gasteiger partial charge in [0, 0.05) is 50.7 Å². The van der Waals surface area contributed by atoms with Gasteiger partial charge in [-0.1, -0.05) is 133 Å².